The van der Waals surface area contributed by atoms with Gasteiger partial charge in [0.25, 0.3) is 11.8 Å². The van der Waals surface area contributed by atoms with Crippen LogP contribution in [0.15, 0.2) is 36.7 Å². The molecule has 0 spiro atoms. The summed E-state index contributed by atoms with van der Waals surface area (Å²) < 4.78 is 6.98. The minimum absolute atomic E-state index is 0.0556. The van der Waals surface area contributed by atoms with Crippen molar-refractivity contribution in [1.29, 1.82) is 0 Å². The molecule has 0 saturated carbocycles. The number of likely N-dealkylation sites (N-methyl/N-ethyl adjacent to an activating group) is 1. The molecule has 0 radical (unpaired) electrons. The predicted molar refractivity (Wildman–Crippen MR) is 129 cm³/mol. The molecule has 12 heteroatoms. The van der Waals surface area contributed by atoms with Crippen molar-refractivity contribution >= 4 is 28.8 Å². The first-order valence-electron chi connectivity index (χ1n) is 11.3. The maximum absolute atomic E-state index is 12.9. The molecular weight excluding hydrogens is 466 g/mol. The first-order valence-corrected chi connectivity index (χ1v) is 11.3. The van der Waals surface area contributed by atoms with E-state index in [1.807, 2.05) is 19.9 Å². The minimum atomic E-state index is -1.45. The Labute approximate surface area is 207 Å². The fraction of sp³-hybridized carbons (Fsp3) is 0.375. The Hall–Kier alpha value is -4.05. The number of anilines is 1. The topological polar surface area (TPSA) is 169 Å². The van der Waals surface area contributed by atoms with E-state index in [0.29, 0.717) is 5.56 Å². The van der Waals surface area contributed by atoms with Crippen molar-refractivity contribution in [2.75, 3.05) is 19.3 Å². The van der Waals surface area contributed by atoms with E-state index < -0.39 is 30.4 Å². The van der Waals surface area contributed by atoms with Gasteiger partial charge in [0, 0.05) is 18.7 Å². The average molecular weight is 494 g/mol. The summed E-state index contributed by atoms with van der Waals surface area (Å²) in [6.45, 7) is 3.93. The van der Waals surface area contributed by atoms with Gasteiger partial charge in [0.15, 0.2) is 23.8 Å². The van der Waals surface area contributed by atoms with Gasteiger partial charge in [0.1, 0.15) is 17.7 Å². The van der Waals surface area contributed by atoms with Crippen molar-refractivity contribution in [2.24, 2.45) is 0 Å². The normalized spacial score (nSPS) is 21.3. The van der Waals surface area contributed by atoms with Crippen LogP contribution < -0.4 is 11.1 Å². The molecule has 0 bridgehead atoms. The number of nitrogens with one attached hydrogen (secondary N) is 1. The van der Waals surface area contributed by atoms with Crippen molar-refractivity contribution in [3.8, 4) is 11.8 Å². The monoisotopic (exact) mass is 493 g/mol. The van der Waals surface area contributed by atoms with Crippen LogP contribution in [0, 0.1) is 11.8 Å². The van der Waals surface area contributed by atoms with E-state index >= 15 is 0 Å². The summed E-state index contributed by atoms with van der Waals surface area (Å²) >= 11 is 0. The van der Waals surface area contributed by atoms with Gasteiger partial charge in [-0.2, -0.15) is 0 Å². The fourth-order valence-corrected chi connectivity index (χ4v) is 3.87. The molecular formula is C24H27N7O5. The Morgan fingerprint density at radius 2 is 1.94 bits per heavy atom. The third-order valence-electron chi connectivity index (χ3n) is 5.82. The zero-order valence-corrected chi connectivity index (χ0v) is 20.0. The number of nitrogens with two attached hydrogens (primary N) is 1. The summed E-state index contributed by atoms with van der Waals surface area (Å²) in [7, 11) is 1.40. The van der Waals surface area contributed by atoms with Crippen LogP contribution in [0.5, 0.6) is 0 Å². The van der Waals surface area contributed by atoms with E-state index in [0.717, 1.165) is 0 Å². The maximum atomic E-state index is 12.9. The average Bonchev–Trinajstić information content (AvgIpc) is 3.42. The number of benzene rings is 1. The summed E-state index contributed by atoms with van der Waals surface area (Å²) in [6.07, 6.45) is -3.94. The van der Waals surface area contributed by atoms with Gasteiger partial charge in [-0.15, -0.1) is 0 Å². The quantitative estimate of drug-likeness (QED) is 0.348. The Kier molecular flexibility index (Phi) is 7.16. The molecule has 3 heterocycles. The number of nitrogens with zero attached hydrogens (tertiary/aromatic N) is 5. The highest BCUT2D eigenvalue weighted by atomic mass is 16.6. The highest BCUT2D eigenvalue weighted by Crippen LogP contribution is 2.32. The first-order chi connectivity index (χ1) is 17.2. The molecule has 1 saturated heterocycles. The molecule has 1 aliphatic rings. The van der Waals surface area contributed by atoms with Gasteiger partial charge in [-0.25, -0.2) is 15.0 Å². The number of hydrogen-bond acceptors (Lipinski definition) is 9. The van der Waals surface area contributed by atoms with Gasteiger partial charge in [-0.1, -0.05) is 24.1 Å². The zero-order valence-electron chi connectivity index (χ0n) is 20.0. The number of imidazole rings is 1. The summed E-state index contributed by atoms with van der Waals surface area (Å²) in [4.78, 5) is 39.2. The van der Waals surface area contributed by atoms with Crippen LogP contribution >= 0.6 is 0 Å². The smallest absolute Gasteiger partial charge is 0.254 e. The second kappa shape index (κ2) is 10.3. The molecule has 4 atom stereocenters. The molecule has 12 nitrogen and oxygen atoms in total. The standard InChI is InChI=1S/C24H27N7O5/c1-13(2)30(23(35)14-8-5-4-6-9-14)11-7-10-15-28-20(25)16-21(29-15)31(12-27-16)24-18(33)17(32)19(36-24)22(34)26-3/h4-6,8-9,12-13,17-19,24,32-33H,11H2,1-3H3,(H,26,34)(H2,25,28,29)/t17-,18+,19-,24+/m0/s1. The summed E-state index contributed by atoms with van der Waals surface area (Å²) in [5, 5.41) is 23.2. The maximum Gasteiger partial charge on any atom is 0.254 e. The Bertz CT molecular complexity index is 1330. The van der Waals surface area contributed by atoms with Gasteiger partial charge in [0.05, 0.1) is 12.9 Å². The molecule has 1 fully saturated rings. The van der Waals surface area contributed by atoms with E-state index in [-0.39, 0.29) is 41.3 Å². The number of carbonyl (C=O) groups is 2. The molecule has 0 aliphatic carbocycles. The highest BCUT2D eigenvalue weighted by Gasteiger charge is 2.47. The lowest BCUT2D eigenvalue weighted by atomic mass is 10.1. The third kappa shape index (κ3) is 4.72. The summed E-state index contributed by atoms with van der Waals surface area (Å²) in [5.41, 5.74) is 7.07. The van der Waals surface area contributed by atoms with Crippen molar-refractivity contribution in [3.05, 3.63) is 48.0 Å². The number of nitrogen functional groups attached to an aromatic ring is 1. The lowest BCUT2D eigenvalue weighted by molar-refractivity contribution is -0.137. The van der Waals surface area contributed by atoms with Crippen LogP contribution in [0.1, 0.15) is 36.3 Å². The molecule has 4 rings (SSSR count). The number of fused-ring (bicyclic) bond motifs is 1. The summed E-state index contributed by atoms with van der Waals surface area (Å²) in [5.74, 6) is 5.16. The molecule has 1 aromatic carbocycles. The minimum Gasteiger partial charge on any atom is -0.387 e. The predicted octanol–water partition coefficient (Wildman–Crippen LogP) is -0.324. The number of amides is 2. The van der Waals surface area contributed by atoms with Crippen molar-refractivity contribution in [2.45, 2.75) is 44.4 Å². The summed E-state index contributed by atoms with van der Waals surface area (Å²) in [6, 6.07) is 8.83. The lowest BCUT2D eigenvalue weighted by Gasteiger charge is -2.24. The number of aliphatic hydroxyl groups excluding tert-OH is 2. The number of ether oxygens (including phenoxy) is 1. The number of aliphatic hydroxyl groups is 2. The SMILES string of the molecule is CNC(=O)[C@H]1O[C@@H](n2cnc3c(N)nc(C#CCN(C(=O)c4ccccc4)C(C)C)nc32)[C@H](O)[C@@H]1O. The third-order valence-corrected chi connectivity index (χ3v) is 5.82. The molecule has 36 heavy (non-hydrogen) atoms. The van der Waals surface area contributed by atoms with Gasteiger partial charge < -0.3 is 30.9 Å². The molecule has 5 N–H and O–H groups in total. The van der Waals surface area contributed by atoms with E-state index in [4.69, 9.17) is 10.5 Å². The van der Waals surface area contributed by atoms with E-state index in [2.05, 4.69) is 32.1 Å². The van der Waals surface area contributed by atoms with Crippen LogP contribution in [-0.2, 0) is 9.53 Å². The fourth-order valence-electron chi connectivity index (χ4n) is 3.87. The largest absolute Gasteiger partial charge is 0.387 e. The van der Waals surface area contributed by atoms with Gasteiger partial charge in [-0.05, 0) is 31.9 Å². The van der Waals surface area contributed by atoms with E-state index in [1.165, 1.54) is 17.9 Å². The van der Waals surface area contributed by atoms with E-state index in [9.17, 15) is 19.8 Å². The number of aromatic nitrogens is 4. The molecule has 0 unspecified atom stereocenters. The Morgan fingerprint density at radius 1 is 1.22 bits per heavy atom. The van der Waals surface area contributed by atoms with E-state index in [1.54, 1.807) is 29.2 Å². The van der Waals surface area contributed by atoms with Gasteiger partial charge in [0.2, 0.25) is 5.82 Å². The highest BCUT2D eigenvalue weighted by molar-refractivity contribution is 5.94. The van der Waals surface area contributed by atoms with Crippen LogP contribution in [-0.4, -0.2) is 84.4 Å². The van der Waals surface area contributed by atoms with Crippen molar-refractivity contribution < 1.29 is 24.5 Å². The van der Waals surface area contributed by atoms with Crippen LogP contribution in [0.3, 0.4) is 0 Å². The van der Waals surface area contributed by atoms with Crippen LogP contribution in [0.25, 0.3) is 11.2 Å². The van der Waals surface area contributed by atoms with Crippen molar-refractivity contribution in [1.82, 2.24) is 29.7 Å². The Morgan fingerprint density at radius 3 is 2.61 bits per heavy atom. The molecule has 1 aliphatic heterocycles. The van der Waals surface area contributed by atoms with Crippen LogP contribution in [0.4, 0.5) is 5.82 Å². The number of carbonyl (C=O) groups excluding carboxylic acids is 2. The second-order valence-corrected chi connectivity index (χ2v) is 8.49. The number of hydrogen-bond donors (Lipinski definition) is 4. The van der Waals surface area contributed by atoms with Crippen LogP contribution in [0.2, 0.25) is 0 Å². The Balaban J connectivity index is 1.60. The second-order valence-electron chi connectivity index (χ2n) is 8.49. The molecule has 3 aromatic rings. The van der Waals surface area contributed by atoms with Crippen molar-refractivity contribution in [3.63, 3.8) is 0 Å². The van der Waals surface area contributed by atoms with Gasteiger partial charge >= 0.3 is 0 Å². The molecule has 2 aromatic heterocycles. The molecule has 2 amide bonds. The molecule has 188 valence electrons. The number of rotatable bonds is 5. The zero-order chi connectivity index (χ0) is 26.0. The van der Waals surface area contributed by atoms with Gasteiger partial charge in [-0.3, -0.25) is 14.2 Å². The lowest BCUT2D eigenvalue weighted by Crippen LogP contribution is -2.41. The first kappa shape index (κ1) is 25.1.